The lowest BCUT2D eigenvalue weighted by Crippen LogP contribution is -2.01. The first-order valence-corrected chi connectivity index (χ1v) is 4.61. The van der Waals surface area contributed by atoms with Gasteiger partial charge in [-0.1, -0.05) is 34.5 Å². The summed E-state index contributed by atoms with van der Waals surface area (Å²) in [5.74, 6) is 0. The van der Waals surface area contributed by atoms with Crippen molar-refractivity contribution in [1.82, 2.24) is 0 Å². The number of carbonyl (C=O) groups excluding carboxylic acids is 1. The van der Waals surface area contributed by atoms with Crippen molar-refractivity contribution in [2.75, 3.05) is 0 Å². The van der Waals surface area contributed by atoms with Crippen LogP contribution in [0.2, 0.25) is 0 Å². The van der Waals surface area contributed by atoms with E-state index in [1.54, 1.807) is 16.9 Å². The fraction of sp³-hybridized carbons (Fsp3) is 0.273. The molecule has 2 rings (SSSR count). The average molecular weight is 219 g/mol. The fourth-order valence-electron chi connectivity index (χ4n) is 1.47. The van der Waals surface area contributed by atoms with Gasteiger partial charge in [0, 0.05) is 5.56 Å². The van der Waals surface area contributed by atoms with E-state index in [0.29, 0.717) is 5.56 Å². The third kappa shape index (κ3) is 2.42. The summed E-state index contributed by atoms with van der Waals surface area (Å²) in [6, 6.07) is 9.60. The lowest BCUT2D eigenvalue weighted by molar-refractivity contribution is -0.284. The first-order chi connectivity index (χ1) is 7.72. The molecule has 82 valence electrons. The van der Waals surface area contributed by atoms with E-state index >= 15 is 0 Å². The summed E-state index contributed by atoms with van der Waals surface area (Å²) < 4.78 is 1.75. The van der Waals surface area contributed by atoms with Gasteiger partial charge in [0.25, 0.3) is 0 Å². The van der Waals surface area contributed by atoms with E-state index in [0.717, 1.165) is 24.7 Å². The van der Waals surface area contributed by atoms with Crippen molar-refractivity contribution >= 4 is 6.29 Å². The molecule has 1 saturated carbocycles. The monoisotopic (exact) mass is 219 g/mol. The number of carbonyl (C=O) groups is 1. The number of nitriles is 1. The lowest BCUT2D eigenvalue weighted by atomic mass is 9.97. The Labute approximate surface area is 91.8 Å². The summed E-state index contributed by atoms with van der Waals surface area (Å²) in [4.78, 5) is 18.3. The molecule has 5 nitrogen and oxygen atoms in total. The van der Waals surface area contributed by atoms with E-state index in [1.165, 1.54) is 0 Å². The second-order valence-corrected chi connectivity index (χ2v) is 3.50. The van der Waals surface area contributed by atoms with Crippen LogP contribution in [-0.2, 0) is 5.41 Å². The molecule has 1 aliphatic rings. The summed E-state index contributed by atoms with van der Waals surface area (Å²) in [5, 5.41) is 16.8. The molecule has 0 heterocycles. The molecular weight excluding hydrogens is 210 g/mol. The van der Waals surface area contributed by atoms with Gasteiger partial charge in [0.05, 0.1) is 11.5 Å². The van der Waals surface area contributed by atoms with Crippen LogP contribution in [0.4, 0.5) is 0 Å². The fourth-order valence-corrected chi connectivity index (χ4v) is 1.47. The molecule has 1 fully saturated rings. The second kappa shape index (κ2) is 5.03. The summed E-state index contributed by atoms with van der Waals surface area (Å²) in [5.41, 5.74) is 1.47. The summed E-state index contributed by atoms with van der Waals surface area (Å²) in [7, 11) is 0. The van der Waals surface area contributed by atoms with Crippen LogP contribution < -0.4 is 5.26 Å². The molecule has 0 aliphatic heterocycles. The number of aldehydes is 1. The predicted octanol–water partition coefficient (Wildman–Crippen LogP) is 0.932. The number of rotatable bonds is 2. The quantitative estimate of drug-likeness (QED) is 0.320. The molecule has 1 aromatic carbocycles. The minimum Gasteiger partial charge on any atom is -0.298 e. The van der Waals surface area contributed by atoms with Crippen molar-refractivity contribution in [2.24, 2.45) is 0 Å². The first kappa shape index (κ1) is 11.9. The average Bonchev–Trinajstić information content (AvgIpc) is 3.11. The molecular formula is C11H9NO4. The third-order valence-electron chi connectivity index (χ3n) is 2.56. The highest BCUT2D eigenvalue weighted by Gasteiger charge is 2.44. The van der Waals surface area contributed by atoms with Crippen LogP contribution >= 0.6 is 0 Å². The zero-order valence-corrected chi connectivity index (χ0v) is 8.38. The molecule has 1 aromatic rings. The van der Waals surface area contributed by atoms with Gasteiger partial charge < -0.3 is 0 Å². The maximum atomic E-state index is 10.4. The van der Waals surface area contributed by atoms with Crippen LogP contribution in [0.1, 0.15) is 28.8 Å². The molecule has 0 spiro atoms. The van der Waals surface area contributed by atoms with Crippen molar-refractivity contribution in [3.63, 3.8) is 0 Å². The maximum Gasteiger partial charge on any atom is 0.154 e. The molecule has 16 heavy (non-hydrogen) atoms. The standard InChI is InChI=1S/C11H9NO.O3/c12-8-11(5-6-11)10-3-1-9(7-13)2-4-10;1-3-2/h1-4,7H,5-6H2;. The first-order valence-electron chi connectivity index (χ1n) is 4.61. The van der Waals surface area contributed by atoms with Gasteiger partial charge >= 0.3 is 0 Å². The minimum atomic E-state index is -0.235. The highest BCUT2D eigenvalue weighted by Crippen LogP contribution is 2.47. The van der Waals surface area contributed by atoms with E-state index in [-0.39, 0.29) is 5.41 Å². The van der Waals surface area contributed by atoms with Crippen LogP contribution in [0.5, 0.6) is 0 Å². The van der Waals surface area contributed by atoms with E-state index < -0.39 is 0 Å². The number of nitrogens with zero attached hydrogens (tertiary/aromatic N) is 1. The predicted molar refractivity (Wildman–Crippen MR) is 55.1 cm³/mol. The third-order valence-corrected chi connectivity index (χ3v) is 2.56. The zero-order valence-electron chi connectivity index (χ0n) is 8.38. The van der Waals surface area contributed by atoms with Crippen molar-refractivity contribution in [3.8, 4) is 6.07 Å². The summed E-state index contributed by atoms with van der Waals surface area (Å²) in [6.07, 6.45) is 2.71. The Morgan fingerprint density at radius 1 is 1.38 bits per heavy atom. The van der Waals surface area contributed by atoms with Crippen LogP contribution in [0.3, 0.4) is 0 Å². The van der Waals surface area contributed by atoms with Gasteiger partial charge in [-0.3, -0.25) is 4.79 Å². The van der Waals surface area contributed by atoms with Crippen molar-refractivity contribution in [3.05, 3.63) is 45.1 Å². The van der Waals surface area contributed by atoms with Crippen molar-refractivity contribution in [2.45, 2.75) is 18.3 Å². The van der Waals surface area contributed by atoms with E-state index in [2.05, 4.69) is 6.07 Å². The van der Waals surface area contributed by atoms with Gasteiger partial charge in [0.1, 0.15) is 6.29 Å². The van der Waals surface area contributed by atoms with Crippen molar-refractivity contribution < 1.29 is 10.1 Å². The van der Waals surface area contributed by atoms with Gasteiger partial charge in [-0.25, -0.2) is 0 Å². The van der Waals surface area contributed by atoms with Crippen LogP contribution in [0.15, 0.2) is 24.3 Å². The Bertz CT molecular complexity index is 415. The summed E-state index contributed by atoms with van der Waals surface area (Å²) in [6.45, 7) is 0. The lowest BCUT2D eigenvalue weighted by Gasteiger charge is -2.04. The van der Waals surface area contributed by atoms with Crippen LogP contribution in [0.25, 0.3) is 0 Å². The zero-order chi connectivity index (χ0) is 12.0. The molecule has 0 aromatic heterocycles. The minimum absolute atomic E-state index is 0.235. The number of hydrogen-bond acceptors (Lipinski definition) is 4. The van der Waals surface area contributed by atoms with Gasteiger partial charge in [0.15, 0.2) is 4.75 Å². The van der Waals surface area contributed by atoms with Gasteiger partial charge in [-0.05, 0) is 18.4 Å². The number of hydrogen-bond donors (Lipinski definition) is 0. The van der Waals surface area contributed by atoms with Crippen LogP contribution in [0, 0.1) is 21.0 Å². The molecule has 5 heteroatoms. The molecule has 1 aliphatic carbocycles. The van der Waals surface area contributed by atoms with E-state index in [1.807, 2.05) is 12.1 Å². The number of benzene rings is 1. The van der Waals surface area contributed by atoms with Gasteiger partial charge in [-0.2, -0.15) is 5.26 Å². The molecule has 0 atom stereocenters. The smallest absolute Gasteiger partial charge is 0.154 e. The topological polar surface area (TPSA) is 92.3 Å². The maximum absolute atomic E-state index is 10.4. The van der Waals surface area contributed by atoms with E-state index in [4.69, 9.17) is 15.5 Å². The largest absolute Gasteiger partial charge is 0.298 e. The second-order valence-electron chi connectivity index (χ2n) is 3.50. The molecule has 0 saturated heterocycles. The Hall–Kier alpha value is -2.22. The molecule has 0 unspecified atom stereocenters. The van der Waals surface area contributed by atoms with E-state index in [9.17, 15) is 4.79 Å². The van der Waals surface area contributed by atoms with Gasteiger partial charge in [0.2, 0.25) is 0 Å². The Morgan fingerprint density at radius 2 is 1.88 bits per heavy atom. The SMILES string of the molecule is N#CC1(c2ccc(C=O)cc2)CC1.O=[O+][O-]. The summed E-state index contributed by atoms with van der Waals surface area (Å²) >= 11 is 0. The molecule has 0 bridgehead atoms. The highest BCUT2D eigenvalue weighted by molar-refractivity contribution is 5.74. The normalized spacial score (nSPS) is 14.9. The molecule has 0 radical (unpaired) electrons. The molecule has 0 N–H and O–H groups in total. The van der Waals surface area contributed by atoms with Crippen LogP contribution in [-0.4, -0.2) is 6.29 Å². The van der Waals surface area contributed by atoms with Crippen molar-refractivity contribution in [1.29, 1.82) is 5.26 Å². The van der Waals surface area contributed by atoms with Gasteiger partial charge in [-0.15, -0.1) is 0 Å². The Balaban J connectivity index is 0.000000386. The Morgan fingerprint density at radius 3 is 2.19 bits per heavy atom. The Kier molecular flexibility index (Phi) is 3.72. The highest BCUT2D eigenvalue weighted by atomic mass is 17.2. The molecule has 0 amide bonds.